The standard InChI is InChI=1S/C12H19ClN2O2.ClH/c1-16-10-6-5-8(9(15)4-3-7-14)11(13)12(10)17-2;/h5-6,9H,3-4,7,14-15H2,1-2H3;1H/t9-;/m1./s1. The first-order chi connectivity index (χ1) is 8.15. The molecular weight excluding hydrogens is 275 g/mol. The average molecular weight is 295 g/mol. The highest BCUT2D eigenvalue weighted by Crippen LogP contribution is 2.39. The summed E-state index contributed by atoms with van der Waals surface area (Å²) in [5, 5.41) is 0.511. The molecule has 0 aliphatic carbocycles. The number of benzene rings is 1. The smallest absolute Gasteiger partial charge is 0.179 e. The molecule has 0 aliphatic rings. The van der Waals surface area contributed by atoms with E-state index in [1.807, 2.05) is 12.1 Å². The van der Waals surface area contributed by atoms with Crippen LogP contribution in [0.4, 0.5) is 0 Å². The molecule has 0 saturated heterocycles. The maximum atomic E-state index is 6.25. The second-order valence-electron chi connectivity index (χ2n) is 3.74. The van der Waals surface area contributed by atoms with E-state index in [2.05, 4.69) is 0 Å². The summed E-state index contributed by atoms with van der Waals surface area (Å²) in [6.45, 7) is 0.624. The quantitative estimate of drug-likeness (QED) is 0.846. The Hall–Kier alpha value is -0.680. The number of hydrogen-bond acceptors (Lipinski definition) is 4. The van der Waals surface area contributed by atoms with Crippen LogP contribution in [-0.4, -0.2) is 20.8 Å². The van der Waals surface area contributed by atoms with Crippen molar-refractivity contribution in [3.63, 3.8) is 0 Å². The Morgan fingerprint density at radius 1 is 1.28 bits per heavy atom. The van der Waals surface area contributed by atoms with Crippen LogP contribution in [0.25, 0.3) is 0 Å². The Kier molecular flexibility index (Phi) is 8.11. The molecule has 1 aromatic rings. The summed E-state index contributed by atoms with van der Waals surface area (Å²) >= 11 is 6.25. The highest BCUT2D eigenvalue weighted by atomic mass is 35.5. The molecule has 0 heterocycles. The number of ether oxygens (including phenoxy) is 2. The molecule has 4 nitrogen and oxygen atoms in total. The van der Waals surface area contributed by atoms with Gasteiger partial charge in [-0.05, 0) is 31.0 Å². The highest BCUT2D eigenvalue weighted by molar-refractivity contribution is 6.33. The molecule has 0 amide bonds. The lowest BCUT2D eigenvalue weighted by Gasteiger charge is -2.17. The fraction of sp³-hybridized carbons (Fsp3) is 0.500. The number of halogens is 2. The van der Waals surface area contributed by atoms with Crippen LogP contribution in [0.5, 0.6) is 11.5 Å². The van der Waals surface area contributed by atoms with Gasteiger partial charge in [0.15, 0.2) is 11.5 Å². The molecule has 104 valence electrons. The predicted molar refractivity (Wildman–Crippen MR) is 77.0 cm³/mol. The number of hydrogen-bond donors (Lipinski definition) is 2. The van der Waals surface area contributed by atoms with Gasteiger partial charge in [0, 0.05) is 6.04 Å². The van der Waals surface area contributed by atoms with E-state index in [4.69, 9.17) is 32.5 Å². The van der Waals surface area contributed by atoms with E-state index in [-0.39, 0.29) is 18.4 Å². The monoisotopic (exact) mass is 294 g/mol. The van der Waals surface area contributed by atoms with Crippen molar-refractivity contribution in [2.24, 2.45) is 11.5 Å². The zero-order valence-corrected chi connectivity index (χ0v) is 12.2. The molecule has 0 aromatic heterocycles. The van der Waals surface area contributed by atoms with Crippen LogP contribution >= 0.6 is 24.0 Å². The van der Waals surface area contributed by atoms with Gasteiger partial charge >= 0.3 is 0 Å². The van der Waals surface area contributed by atoms with Gasteiger partial charge in [0.05, 0.1) is 19.2 Å². The van der Waals surface area contributed by atoms with Crippen LogP contribution in [0.1, 0.15) is 24.4 Å². The maximum absolute atomic E-state index is 6.25. The molecule has 1 rings (SSSR count). The van der Waals surface area contributed by atoms with Crippen molar-refractivity contribution in [3.8, 4) is 11.5 Å². The Labute approximate surface area is 119 Å². The summed E-state index contributed by atoms with van der Waals surface area (Å²) in [5.41, 5.74) is 12.4. The maximum Gasteiger partial charge on any atom is 0.179 e. The SMILES string of the molecule is COc1ccc([C@H](N)CCCN)c(Cl)c1OC.Cl. The number of rotatable bonds is 6. The predicted octanol–water partition coefficient (Wildman–Crippen LogP) is 2.52. The molecule has 4 N–H and O–H groups in total. The van der Waals surface area contributed by atoms with E-state index in [1.165, 1.54) is 0 Å². The van der Waals surface area contributed by atoms with Crippen LogP contribution in [-0.2, 0) is 0 Å². The first-order valence-electron chi connectivity index (χ1n) is 5.51. The Morgan fingerprint density at radius 3 is 2.44 bits per heavy atom. The van der Waals surface area contributed by atoms with Crippen LogP contribution in [0, 0.1) is 0 Å². The lowest BCUT2D eigenvalue weighted by atomic mass is 10.0. The van der Waals surface area contributed by atoms with Gasteiger partial charge in [-0.2, -0.15) is 0 Å². The molecule has 0 bridgehead atoms. The molecule has 0 saturated carbocycles. The normalized spacial score (nSPS) is 11.6. The molecule has 0 fully saturated rings. The highest BCUT2D eigenvalue weighted by Gasteiger charge is 2.17. The summed E-state index contributed by atoms with van der Waals surface area (Å²) in [7, 11) is 3.13. The first-order valence-corrected chi connectivity index (χ1v) is 5.89. The van der Waals surface area contributed by atoms with Gasteiger partial charge in [0.1, 0.15) is 0 Å². The molecule has 1 atom stereocenters. The summed E-state index contributed by atoms with van der Waals surface area (Å²) in [5.74, 6) is 1.13. The summed E-state index contributed by atoms with van der Waals surface area (Å²) in [6, 6.07) is 3.54. The van der Waals surface area contributed by atoms with Crippen molar-refractivity contribution in [2.45, 2.75) is 18.9 Å². The number of methoxy groups -OCH3 is 2. The molecule has 0 radical (unpaired) electrons. The largest absolute Gasteiger partial charge is 0.493 e. The minimum atomic E-state index is -0.133. The Balaban J connectivity index is 0.00000289. The van der Waals surface area contributed by atoms with E-state index in [0.717, 1.165) is 18.4 Å². The van der Waals surface area contributed by atoms with Crippen LogP contribution in [0.15, 0.2) is 12.1 Å². The van der Waals surface area contributed by atoms with E-state index in [0.29, 0.717) is 23.1 Å². The van der Waals surface area contributed by atoms with Crippen LogP contribution in [0.3, 0.4) is 0 Å². The van der Waals surface area contributed by atoms with Crippen molar-refractivity contribution in [1.82, 2.24) is 0 Å². The second kappa shape index (κ2) is 8.43. The summed E-state index contributed by atoms with van der Waals surface area (Å²) in [6.07, 6.45) is 1.66. The number of nitrogens with two attached hydrogens (primary N) is 2. The topological polar surface area (TPSA) is 70.5 Å². The Morgan fingerprint density at radius 2 is 1.94 bits per heavy atom. The third-order valence-corrected chi connectivity index (χ3v) is 3.02. The van der Waals surface area contributed by atoms with Gasteiger partial charge in [-0.15, -0.1) is 12.4 Å². The lowest BCUT2D eigenvalue weighted by molar-refractivity contribution is 0.354. The van der Waals surface area contributed by atoms with Crippen LogP contribution in [0.2, 0.25) is 5.02 Å². The molecule has 1 aromatic carbocycles. The molecule has 0 unspecified atom stereocenters. The van der Waals surface area contributed by atoms with Crippen molar-refractivity contribution in [1.29, 1.82) is 0 Å². The zero-order chi connectivity index (χ0) is 12.8. The summed E-state index contributed by atoms with van der Waals surface area (Å²) in [4.78, 5) is 0. The van der Waals surface area contributed by atoms with Gasteiger partial charge in [0.2, 0.25) is 0 Å². The Bertz CT molecular complexity index is 375. The third-order valence-electron chi connectivity index (χ3n) is 2.63. The summed E-state index contributed by atoms with van der Waals surface area (Å²) < 4.78 is 10.4. The van der Waals surface area contributed by atoms with Gasteiger partial charge in [-0.1, -0.05) is 17.7 Å². The molecule has 0 aliphatic heterocycles. The van der Waals surface area contributed by atoms with Gasteiger partial charge < -0.3 is 20.9 Å². The van der Waals surface area contributed by atoms with Crippen molar-refractivity contribution < 1.29 is 9.47 Å². The van der Waals surface area contributed by atoms with Crippen molar-refractivity contribution in [2.75, 3.05) is 20.8 Å². The zero-order valence-electron chi connectivity index (χ0n) is 10.6. The third kappa shape index (κ3) is 3.92. The fourth-order valence-electron chi connectivity index (χ4n) is 1.68. The van der Waals surface area contributed by atoms with Crippen molar-refractivity contribution >= 4 is 24.0 Å². The molecule has 18 heavy (non-hydrogen) atoms. The lowest BCUT2D eigenvalue weighted by Crippen LogP contribution is -2.13. The molecular formula is C12H20Cl2N2O2. The van der Waals surface area contributed by atoms with Crippen LogP contribution < -0.4 is 20.9 Å². The minimum absolute atomic E-state index is 0. The van der Waals surface area contributed by atoms with Gasteiger partial charge in [-0.3, -0.25) is 0 Å². The van der Waals surface area contributed by atoms with E-state index in [9.17, 15) is 0 Å². The van der Waals surface area contributed by atoms with Crippen molar-refractivity contribution in [3.05, 3.63) is 22.7 Å². The molecule has 6 heteroatoms. The first kappa shape index (κ1) is 17.3. The van der Waals surface area contributed by atoms with E-state index >= 15 is 0 Å². The van der Waals surface area contributed by atoms with E-state index in [1.54, 1.807) is 14.2 Å². The second-order valence-corrected chi connectivity index (χ2v) is 4.12. The van der Waals surface area contributed by atoms with Gasteiger partial charge in [-0.25, -0.2) is 0 Å². The molecule has 0 spiro atoms. The average Bonchev–Trinajstić information content (AvgIpc) is 2.35. The van der Waals surface area contributed by atoms with E-state index < -0.39 is 0 Å². The fourth-order valence-corrected chi connectivity index (χ4v) is 2.06. The van der Waals surface area contributed by atoms with Gasteiger partial charge in [0.25, 0.3) is 0 Å². The minimum Gasteiger partial charge on any atom is -0.493 e.